The summed E-state index contributed by atoms with van der Waals surface area (Å²) in [5.41, 5.74) is 0.883. The van der Waals surface area contributed by atoms with Crippen LogP contribution in [0.5, 0.6) is 5.75 Å². The zero-order chi connectivity index (χ0) is 13.3. The Morgan fingerprint density at radius 1 is 1.12 bits per heavy atom. The van der Waals surface area contributed by atoms with Crippen LogP contribution < -0.4 is 4.74 Å². The molecule has 3 heteroatoms. The highest BCUT2D eigenvalue weighted by Crippen LogP contribution is 2.28. The Hall–Kier alpha value is -1.28. The van der Waals surface area contributed by atoms with Gasteiger partial charge < -0.3 is 4.74 Å². The maximum Gasteiger partial charge on any atom is 0.138 e. The van der Waals surface area contributed by atoms with Gasteiger partial charge in [0.25, 0.3) is 0 Å². The molecule has 0 saturated heterocycles. The van der Waals surface area contributed by atoms with Crippen molar-refractivity contribution in [1.29, 1.82) is 0 Å². The maximum atomic E-state index is 5.94. The van der Waals surface area contributed by atoms with E-state index in [0.717, 1.165) is 10.9 Å². The van der Waals surface area contributed by atoms with Crippen molar-refractivity contribution < 1.29 is 4.74 Å². The van der Waals surface area contributed by atoms with Gasteiger partial charge in [0.15, 0.2) is 0 Å². The van der Waals surface area contributed by atoms with E-state index >= 15 is 0 Å². The van der Waals surface area contributed by atoms with Crippen LogP contribution in [0, 0.1) is 0 Å². The summed E-state index contributed by atoms with van der Waals surface area (Å²) < 4.78 is 5.09. The van der Waals surface area contributed by atoms with E-state index in [9.17, 15) is 0 Å². The lowest BCUT2D eigenvalue weighted by Gasteiger charge is -2.03. The lowest BCUT2D eigenvalue weighted by molar-refractivity contribution is 0.415. The van der Waals surface area contributed by atoms with E-state index in [1.807, 2.05) is 45.9 Å². The van der Waals surface area contributed by atoms with Gasteiger partial charge in [0.1, 0.15) is 5.75 Å². The Morgan fingerprint density at radius 2 is 1.76 bits per heavy atom. The van der Waals surface area contributed by atoms with Crippen molar-refractivity contribution in [3.05, 3.63) is 35.5 Å². The van der Waals surface area contributed by atoms with E-state index in [4.69, 9.17) is 16.3 Å². The van der Waals surface area contributed by atoms with Crippen molar-refractivity contribution in [3.63, 3.8) is 0 Å². The summed E-state index contributed by atoms with van der Waals surface area (Å²) in [6, 6.07) is 7.54. The summed E-state index contributed by atoms with van der Waals surface area (Å²) >= 11 is 5.94. The highest BCUT2D eigenvalue weighted by Gasteiger charge is 2.02. The minimum atomic E-state index is 0.591. The van der Waals surface area contributed by atoms with Crippen LogP contribution in [-0.4, -0.2) is 12.1 Å². The summed E-state index contributed by atoms with van der Waals surface area (Å²) in [7, 11) is 1.60. The molecule has 2 aromatic rings. The van der Waals surface area contributed by atoms with Crippen molar-refractivity contribution in [2.45, 2.75) is 27.7 Å². The number of benzene rings is 1. The smallest absolute Gasteiger partial charge is 0.138 e. The van der Waals surface area contributed by atoms with Crippen molar-refractivity contribution >= 4 is 22.5 Å². The lowest BCUT2D eigenvalue weighted by atomic mass is 10.2. The van der Waals surface area contributed by atoms with Gasteiger partial charge in [0.05, 0.1) is 17.6 Å². The number of rotatable bonds is 1. The summed E-state index contributed by atoms with van der Waals surface area (Å²) in [6.45, 7) is 8.00. The minimum Gasteiger partial charge on any atom is -0.495 e. The molecule has 2 nitrogen and oxygen atoms in total. The van der Waals surface area contributed by atoms with Crippen molar-refractivity contribution in [2.75, 3.05) is 7.11 Å². The van der Waals surface area contributed by atoms with Crippen molar-refractivity contribution in [3.8, 4) is 5.75 Å². The van der Waals surface area contributed by atoms with Gasteiger partial charge in [0, 0.05) is 11.6 Å². The molecule has 1 aromatic heterocycles. The second kappa shape index (κ2) is 8.82. The summed E-state index contributed by atoms with van der Waals surface area (Å²) in [4.78, 5) is 4.18. The van der Waals surface area contributed by atoms with E-state index in [-0.39, 0.29) is 0 Å². The molecule has 2 rings (SSSR count). The fraction of sp³-hybridized carbons (Fsp3) is 0.357. The fourth-order valence-electron chi connectivity index (χ4n) is 1.23. The molecule has 0 saturated carbocycles. The van der Waals surface area contributed by atoms with Gasteiger partial charge in [-0.3, -0.25) is 4.98 Å². The molecule has 0 unspecified atom stereocenters. The number of ether oxygens (including phenoxy) is 1. The van der Waals surface area contributed by atoms with Crippen LogP contribution in [0.15, 0.2) is 30.5 Å². The molecule has 1 heterocycles. The third kappa shape index (κ3) is 4.23. The predicted molar refractivity (Wildman–Crippen MR) is 76.0 cm³/mol. The molecule has 0 radical (unpaired) electrons. The van der Waals surface area contributed by atoms with Gasteiger partial charge in [-0.05, 0) is 18.2 Å². The molecule has 94 valence electrons. The number of nitrogens with zero attached hydrogens (tertiary/aromatic N) is 1. The molecule has 0 N–H and O–H groups in total. The number of hydrogen-bond donors (Lipinski definition) is 0. The first-order valence-electron chi connectivity index (χ1n) is 5.89. The van der Waals surface area contributed by atoms with Crippen LogP contribution >= 0.6 is 11.6 Å². The predicted octanol–water partition coefficient (Wildman–Crippen LogP) is 4.95. The first-order valence-corrected chi connectivity index (χ1v) is 6.27. The number of pyridine rings is 1. The molecule has 17 heavy (non-hydrogen) atoms. The normalized spacial score (nSPS) is 8.59. The van der Waals surface area contributed by atoms with Crippen LogP contribution in [0.4, 0.5) is 0 Å². The van der Waals surface area contributed by atoms with Crippen LogP contribution in [-0.2, 0) is 0 Å². The Labute approximate surface area is 109 Å². The van der Waals surface area contributed by atoms with E-state index in [0.29, 0.717) is 10.8 Å². The van der Waals surface area contributed by atoms with Crippen LogP contribution in [0.2, 0.25) is 5.02 Å². The Bertz CT molecular complexity index is 443. The highest BCUT2D eigenvalue weighted by atomic mass is 35.5. The van der Waals surface area contributed by atoms with Gasteiger partial charge in [-0.2, -0.15) is 0 Å². The minimum absolute atomic E-state index is 0.591. The average Bonchev–Trinajstić information content (AvgIpc) is 2.42. The van der Waals surface area contributed by atoms with Crippen molar-refractivity contribution in [1.82, 2.24) is 4.98 Å². The highest BCUT2D eigenvalue weighted by molar-refractivity contribution is 6.32. The van der Waals surface area contributed by atoms with Crippen molar-refractivity contribution in [2.24, 2.45) is 0 Å². The molecular formula is C14H20ClNO. The maximum absolute atomic E-state index is 5.94. The Kier molecular flexibility index (Phi) is 8.16. The molecule has 1 aromatic carbocycles. The quantitative estimate of drug-likeness (QED) is 0.717. The second-order valence-electron chi connectivity index (χ2n) is 2.68. The molecule has 0 fully saturated rings. The molecule has 0 atom stereocenters. The largest absolute Gasteiger partial charge is 0.495 e. The van der Waals surface area contributed by atoms with Crippen LogP contribution in [0.1, 0.15) is 27.7 Å². The van der Waals surface area contributed by atoms with Gasteiger partial charge in [0.2, 0.25) is 0 Å². The zero-order valence-electron chi connectivity index (χ0n) is 11.1. The summed E-state index contributed by atoms with van der Waals surface area (Å²) in [5.74, 6) is 0.683. The van der Waals surface area contributed by atoms with E-state index < -0.39 is 0 Å². The number of methoxy groups -OCH3 is 1. The molecule has 0 aliphatic carbocycles. The molecule has 0 aliphatic heterocycles. The standard InChI is InChI=1S/C10H8ClNO.2C2H6/c1-13-10-5-7-3-2-4-12-9(7)6-8(10)11;2*1-2/h2-6H,1H3;2*1-2H3. The number of fused-ring (bicyclic) bond motifs is 1. The fourth-order valence-corrected chi connectivity index (χ4v) is 1.47. The second-order valence-corrected chi connectivity index (χ2v) is 3.09. The summed E-state index contributed by atoms with van der Waals surface area (Å²) in [6.07, 6.45) is 1.74. The zero-order valence-corrected chi connectivity index (χ0v) is 11.9. The van der Waals surface area contributed by atoms with E-state index in [1.54, 1.807) is 19.4 Å². The Balaban J connectivity index is 0.000000581. The number of hydrogen-bond acceptors (Lipinski definition) is 2. The Morgan fingerprint density at radius 3 is 2.35 bits per heavy atom. The first-order chi connectivity index (χ1) is 8.31. The first kappa shape index (κ1) is 15.7. The number of halogens is 1. The van der Waals surface area contributed by atoms with Gasteiger partial charge in [-0.15, -0.1) is 0 Å². The number of aromatic nitrogens is 1. The topological polar surface area (TPSA) is 22.1 Å². The molecule has 0 spiro atoms. The molecular weight excluding hydrogens is 234 g/mol. The van der Waals surface area contributed by atoms with E-state index in [1.165, 1.54) is 0 Å². The lowest BCUT2D eigenvalue weighted by Crippen LogP contribution is -1.85. The molecule has 0 aliphatic rings. The van der Waals surface area contributed by atoms with Gasteiger partial charge >= 0.3 is 0 Å². The van der Waals surface area contributed by atoms with Crippen LogP contribution in [0.25, 0.3) is 10.9 Å². The van der Waals surface area contributed by atoms with Gasteiger partial charge in [-0.1, -0.05) is 45.4 Å². The van der Waals surface area contributed by atoms with Crippen LogP contribution in [0.3, 0.4) is 0 Å². The SMILES string of the molecule is CC.CC.COc1cc2cccnc2cc1Cl. The summed E-state index contributed by atoms with van der Waals surface area (Å²) in [5, 5.41) is 1.62. The molecule has 0 amide bonds. The average molecular weight is 254 g/mol. The van der Waals surface area contributed by atoms with E-state index in [2.05, 4.69) is 4.98 Å². The molecule has 0 bridgehead atoms. The van der Waals surface area contributed by atoms with Gasteiger partial charge in [-0.25, -0.2) is 0 Å². The monoisotopic (exact) mass is 253 g/mol. The third-order valence-corrected chi connectivity index (χ3v) is 2.17. The third-order valence-electron chi connectivity index (χ3n) is 1.88.